The van der Waals surface area contributed by atoms with Gasteiger partial charge in [0.15, 0.2) is 0 Å². The van der Waals surface area contributed by atoms with Crippen LogP contribution >= 0.6 is 0 Å². The fraction of sp³-hybridized carbons (Fsp3) is 0. The van der Waals surface area contributed by atoms with Gasteiger partial charge in [0.25, 0.3) is 0 Å². The fourth-order valence-corrected chi connectivity index (χ4v) is 0. The summed E-state index contributed by atoms with van der Waals surface area (Å²) in [5, 5.41) is 0. The summed E-state index contributed by atoms with van der Waals surface area (Å²) in [7, 11) is -11.2. The zero-order valence-electron chi connectivity index (χ0n) is 7.13. The van der Waals surface area contributed by atoms with Crippen molar-refractivity contribution in [2.24, 2.45) is 0 Å². The van der Waals surface area contributed by atoms with E-state index in [-0.39, 0.29) is 88.7 Å². The molecule has 0 heterocycles. The minimum atomic E-state index is -6.00. The molecule has 0 saturated heterocycles. The fourth-order valence-electron chi connectivity index (χ4n) is 0. The van der Waals surface area contributed by atoms with E-state index in [9.17, 15) is 17.3 Å². The summed E-state index contributed by atoms with van der Waals surface area (Å²) in [5.74, 6) is 0. The molecule has 0 aromatic carbocycles. The van der Waals surface area contributed by atoms with Crippen LogP contribution < -0.4 is 88.7 Å². The van der Waals surface area contributed by atoms with Gasteiger partial charge in [0.2, 0.25) is 0 Å². The molecule has 0 aliphatic heterocycles. The summed E-state index contributed by atoms with van der Waals surface area (Å²) < 4.78 is 73.1. The van der Waals surface area contributed by atoms with Crippen LogP contribution in [0.5, 0.6) is 0 Å². The van der Waals surface area contributed by atoms with Crippen LogP contribution in [0, 0.1) is 0 Å². The van der Waals surface area contributed by atoms with Crippen molar-refractivity contribution in [3.63, 3.8) is 0 Å². The summed E-state index contributed by atoms with van der Waals surface area (Å²) in [4.78, 5) is 0. The molecule has 0 unspecified atom stereocenters. The van der Waals surface area contributed by atoms with E-state index in [0.717, 1.165) is 0 Å². The van der Waals surface area contributed by atoms with E-state index in [2.05, 4.69) is 0 Å². The first-order valence-corrected chi connectivity index (χ1v) is 2.87. The predicted molar refractivity (Wildman–Crippen MR) is 20.7 cm³/mol. The molecule has 0 saturated carbocycles. The molecule has 0 aromatic rings. The minimum absolute atomic E-state index is 0. The maximum atomic E-state index is 9.75. The molecule has 4 nitrogen and oxygen atoms in total. The monoisotopic (exact) mass is 252 g/mol. The summed E-state index contributed by atoms with van der Waals surface area (Å²) in [6, 6.07) is 0. The van der Waals surface area contributed by atoms with Crippen molar-refractivity contribution in [2.75, 3.05) is 0 Å². The van der Waals surface area contributed by atoms with Gasteiger partial charge in [0, 0.05) is 10.4 Å². The first-order chi connectivity index (χ1) is 4.00. The van der Waals surface area contributed by atoms with Crippen LogP contribution in [-0.2, 0) is 10.4 Å². The van der Waals surface area contributed by atoms with Crippen molar-refractivity contribution >= 4 is 17.7 Å². The Morgan fingerprint density at radius 1 is 0.846 bits per heavy atom. The molecular weight excluding hydrogens is 252 g/mol. The molecule has 0 aromatic heterocycles. The average molecular weight is 252 g/mol. The van der Waals surface area contributed by atoms with Crippen molar-refractivity contribution in [3.8, 4) is 0 Å². The minimum Gasteiger partial charge on any atom is -0.759 e. The van der Waals surface area contributed by atoms with Gasteiger partial charge in [0.05, 0.1) is 0 Å². The van der Waals surface area contributed by atoms with Gasteiger partial charge in [-0.1, -0.05) is 0 Å². The molecule has 0 N–H and O–H groups in total. The van der Waals surface area contributed by atoms with Gasteiger partial charge in [0.1, 0.15) is 0 Å². The molecule has 13 heavy (non-hydrogen) atoms. The van der Waals surface area contributed by atoms with Gasteiger partial charge < -0.3 is 26.4 Å². The van der Waals surface area contributed by atoms with E-state index in [0.29, 0.717) is 0 Å². The molecule has 0 amide bonds. The summed E-state index contributed by atoms with van der Waals surface area (Å²) in [6.07, 6.45) is 0. The van der Waals surface area contributed by atoms with Crippen LogP contribution in [-0.4, -0.2) is 24.8 Å². The summed E-state index contributed by atoms with van der Waals surface area (Å²) >= 11 is 0. The van der Waals surface area contributed by atoms with Crippen LogP contribution in [0.3, 0.4) is 0 Å². The molecule has 0 rings (SSSR count). The molecule has 0 radical (unpaired) electrons. The molecule has 0 aliphatic rings. The van der Waals surface area contributed by atoms with Crippen molar-refractivity contribution in [3.05, 3.63) is 0 Å². The van der Waals surface area contributed by atoms with E-state index in [1.54, 1.807) is 0 Å². The Bertz CT molecular complexity index is 162. The number of hydrogen-bond acceptors (Lipinski definition) is 4. The normalized spacial score (nSPS) is 9.08. The van der Waals surface area contributed by atoms with Gasteiger partial charge in [-0.05, 0) is 0 Å². The molecule has 0 aliphatic carbocycles. The van der Waals surface area contributed by atoms with Crippen LogP contribution in [0.15, 0.2) is 0 Å². The SMILES string of the molecule is F[B-](F)(F)F.O=S(=O)([O-])[O-].[Na+].[Na+].[Na+]. The first kappa shape index (κ1) is 29.6. The summed E-state index contributed by atoms with van der Waals surface area (Å²) in [5.41, 5.74) is 0. The maximum Gasteiger partial charge on any atom is 1.00 e. The average Bonchev–Trinajstić information content (AvgIpc) is 1.12. The van der Waals surface area contributed by atoms with Gasteiger partial charge in [-0.2, -0.15) is 0 Å². The Kier molecular flexibility index (Phi) is 29.0. The number of hydrogen-bond donors (Lipinski definition) is 0. The van der Waals surface area contributed by atoms with Crippen molar-refractivity contribution in [1.29, 1.82) is 0 Å². The Balaban J connectivity index is -0.0000000267. The third-order valence-electron chi connectivity index (χ3n) is 0. The third-order valence-corrected chi connectivity index (χ3v) is 0. The standard InChI is InChI=1S/BF4.3Na.H2O4S/c2-1(3,4)5;;;;1-5(2,3)4/h;;;;(H2,1,2,3,4)/q-1;3*+1;/p-2. The second kappa shape index (κ2) is 12.7. The van der Waals surface area contributed by atoms with E-state index in [1.807, 2.05) is 0 Å². The smallest absolute Gasteiger partial charge is 0.759 e. The quantitative estimate of drug-likeness (QED) is 0.185. The zero-order valence-corrected chi connectivity index (χ0v) is 13.9. The third kappa shape index (κ3) is 333. The van der Waals surface area contributed by atoms with Gasteiger partial charge in [-0.3, -0.25) is 8.42 Å². The van der Waals surface area contributed by atoms with Crippen molar-refractivity contribution in [2.45, 2.75) is 0 Å². The van der Waals surface area contributed by atoms with E-state index in [4.69, 9.17) is 17.5 Å². The van der Waals surface area contributed by atoms with Crippen molar-refractivity contribution in [1.82, 2.24) is 0 Å². The number of rotatable bonds is 0. The van der Waals surface area contributed by atoms with E-state index < -0.39 is 17.7 Å². The molecule has 0 atom stereocenters. The second-order valence-electron chi connectivity index (χ2n) is 0.903. The van der Waals surface area contributed by atoms with E-state index in [1.165, 1.54) is 0 Å². The molecular formula is BF4Na3O4S. The Labute approximate surface area is 139 Å². The molecule has 0 bridgehead atoms. The Morgan fingerprint density at radius 3 is 0.846 bits per heavy atom. The predicted octanol–water partition coefficient (Wildman–Crippen LogP) is -9.03. The van der Waals surface area contributed by atoms with Gasteiger partial charge >= 0.3 is 95.9 Å². The topological polar surface area (TPSA) is 80.3 Å². The first-order valence-electron chi connectivity index (χ1n) is 1.54. The molecule has 64 valence electrons. The summed E-state index contributed by atoms with van der Waals surface area (Å²) in [6.45, 7) is 0. The van der Waals surface area contributed by atoms with Crippen LogP contribution in [0.4, 0.5) is 17.3 Å². The second-order valence-corrected chi connectivity index (χ2v) is 1.72. The zero-order chi connectivity index (χ0) is 9.00. The molecule has 0 spiro atoms. The molecule has 0 fully saturated rings. The van der Waals surface area contributed by atoms with E-state index >= 15 is 0 Å². The van der Waals surface area contributed by atoms with Crippen molar-refractivity contribution < 1.29 is 123 Å². The van der Waals surface area contributed by atoms with Gasteiger partial charge in [-0.15, -0.1) is 0 Å². The van der Waals surface area contributed by atoms with Crippen LogP contribution in [0.25, 0.3) is 0 Å². The Hall–Kier alpha value is 2.65. The number of halogens is 4. The largest absolute Gasteiger partial charge is 1.00 e. The maximum absolute atomic E-state index is 9.75. The van der Waals surface area contributed by atoms with Crippen LogP contribution in [0.1, 0.15) is 0 Å². The molecule has 13 heteroatoms. The van der Waals surface area contributed by atoms with Crippen LogP contribution in [0.2, 0.25) is 0 Å². The Morgan fingerprint density at radius 2 is 0.846 bits per heavy atom. The van der Waals surface area contributed by atoms with Gasteiger partial charge in [-0.25, -0.2) is 0 Å².